The molecule has 1 aliphatic heterocycles. The Labute approximate surface area is 122 Å². The number of anilines is 1. The van der Waals surface area contributed by atoms with E-state index in [-0.39, 0.29) is 16.3 Å². The standard InChI is InChI=1S/C12H17N3O5S/c1-12(4-6-20-7-5-12)14-21(18,19)9-2-3-11(15(16)17)10(13)8-9/h2-3,8,14H,4-7,13H2,1H3. The number of nitro groups is 1. The SMILES string of the molecule is CC1(NS(=O)(=O)c2ccc([N+](=O)[O-])c(N)c2)CCOCC1. The van der Waals surface area contributed by atoms with Crippen LogP contribution < -0.4 is 10.5 Å². The Morgan fingerprint density at radius 1 is 1.38 bits per heavy atom. The number of sulfonamides is 1. The first kappa shape index (κ1) is 15.7. The number of hydrogen-bond acceptors (Lipinski definition) is 6. The van der Waals surface area contributed by atoms with Crippen molar-refractivity contribution in [3.05, 3.63) is 28.3 Å². The molecule has 0 spiro atoms. The summed E-state index contributed by atoms with van der Waals surface area (Å²) < 4.78 is 32.6. The van der Waals surface area contributed by atoms with E-state index in [0.29, 0.717) is 26.1 Å². The molecule has 0 unspecified atom stereocenters. The van der Waals surface area contributed by atoms with Crippen LogP contribution >= 0.6 is 0 Å². The van der Waals surface area contributed by atoms with Crippen molar-refractivity contribution >= 4 is 21.4 Å². The lowest BCUT2D eigenvalue weighted by molar-refractivity contribution is -0.383. The third kappa shape index (κ3) is 3.49. The molecule has 3 N–H and O–H groups in total. The minimum atomic E-state index is -3.79. The number of nitrogens with one attached hydrogen (secondary N) is 1. The first-order valence-corrected chi connectivity index (χ1v) is 7.87. The maximum atomic E-state index is 12.4. The maximum absolute atomic E-state index is 12.4. The van der Waals surface area contributed by atoms with Crippen LogP contribution in [-0.2, 0) is 14.8 Å². The summed E-state index contributed by atoms with van der Waals surface area (Å²) in [7, 11) is -3.79. The van der Waals surface area contributed by atoms with E-state index in [1.807, 2.05) is 6.92 Å². The summed E-state index contributed by atoms with van der Waals surface area (Å²) in [6, 6.07) is 3.37. The van der Waals surface area contributed by atoms with Gasteiger partial charge in [0.05, 0.1) is 9.82 Å². The highest BCUT2D eigenvalue weighted by atomic mass is 32.2. The van der Waals surface area contributed by atoms with Gasteiger partial charge in [-0.25, -0.2) is 13.1 Å². The molecule has 116 valence electrons. The van der Waals surface area contributed by atoms with E-state index in [1.165, 1.54) is 6.07 Å². The van der Waals surface area contributed by atoms with Crippen molar-refractivity contribution in [2.24, 2.45) is 0 Å². The van der Waals surface area contributed by atoms with Crippen LogP contribution in [0.5, 0.6) is 0 Å². The fourth-order valence-corrected chi connectivity index (χ4v) is 3.67. The van der Waals surface area contributed by atoms with Crippen molar-refractivity contribution in [1.82, 2.24) is 4.72 Å². The maximum Gasteiger partial charge on any atom is 0.292 e. The van der Waals surface area contributed by atoms with Crippen LogP contribution in [0, 0.1) is 10.1 Å². The number of hydrogen-bond donors (Lipinski definition) is 2. The smallest absolute Gasteiger partial charge is 0.292 e. The molecule has 1 saturated heterocycles. The van der Waals surface area contributed by atoms with Crippen molar-refractivity contribution in [3.8, 4) is 0 Å². The fourth-order valence-electron chi connectivity index (χ4n) is 2.17. The molecule has 1 aromatic carbocycles. The largest absolute Gasteiger partial charge is 0.393 e. The van der Waals surface area contributed by atoms with Gasteiger partial charge in [-0.2, -0.15) is 0 Å². The molecule has 0 saturated carbocycles. The highest BCUT2D eigenvalue weighted by Crippen LogP contribution is 2.27. The van der Waals surface area contributed by atoms with E-state index in [9.17, 15) is 18.5 Å². The Morgan fingerprint density at radius 3 is 2.52 bits per heavy atom. The Bertz CT molecular complexity index is 653. The van der Waals surface area contributed by atoms with Gasteiger partial charge in [0.2, 0.25) is 10.0 Å². The molecule has 0 aromatic heterocycles. The topological polar surface area (TPSA) is 125 Å². The number of ether oxygens (including phenoxy) is 1. The van der Waals surface area contributed by atoms with Gasteiger partial charge in [-0.3, -0.25) is 10.1 Å². The average Bonchev–Trinajstić information content (AvgIpc) is 2.37. The summed E-state index contributed by atoms with van der Waals surface area (Å²) >= 11 is 0. The van der Waals surface area contributed by atoms with Gasteiger partial charge in [0.15, 0.2) is 0 Å². The van der Waals surface area contributed by atoms with Gasteiger partial charge in [0.25, 0.3) is 5.69 Å². The molecule has 0 bridgehead atoms. The molecule has 0 atom stereocenters. The van der Waals surface area contributed by atoms with Gasteiger partial charge < -0.3 is 10.5 Å². The van der Waals surface area contributed by atoms with Gasteiger partial charge in [-0.1, -0.05) is 0 Å². The van der Waals surface area contributed by atoms with Gasteiger partial charge in [-0.05, 0) is 31.9 Å². The lowest BCUT2D eigenvalue weighted by Crippen LogP contribution is -2.49. The predicted octanol–water partition coefficient (Wildman–Crippen LogP) is 1.02. The normalized spacial score (nSPS) is 18.3. The van der Waals surface area contributed by atoms with E-state index in [0.717, 1.165) is 12.1 Å². The second-order valence-corrected chi connectivity index (χ2v) is 6.94. The summed E-state index contributed by atoms with van der Waals surface area (Å²) in [5.74, 6) is 0. The predicted molar refractivity (Wildman–Crippen MR) is 76.3 cm³/mol. The van der Waals surface area contributed by atoms with Crippen molar-refractivity contribution in [2.45, 2.75) is 30.2 Å². The number of benzene rings is 1. The molecule has 21 heavy (non-hydrogen) atoms. The second kappa shape index (κ2) is 5.58. The van der Waals surface area contributed by atoms with E-state index in [1.54, 1.807) is 0 Å². The van der Waals surface area contributed by atoms with Crippen molar-refractivity contribution in [3.63, 3.8) is 0 Å². The molecule has 1 aliphatic rings. The van der Waals surface area contributed by atoms with Crippen LogP contribution in [-0.4, -0.2) is 32.1 Å². The molecular weight excluding hydrogens is 298 g/mol. The zero-order chi connectivity index (χ0) is 15.7. The molecule has 9 heteroatoms. The van der Waals surface area contributed by atoms with Gasteiger partial charge in [-0.15, -0.1) is 0 Å². The number of nitrogens with zero attached hydrogens (tertiary/aromatic N) is 1. The molecular formula is C12H17N3O5S. The van der Waals surface area contributed by atoms with Crippen molar-refractivity contribution in [1.29, 1.82) is 0 Å². The number of nitrogens with two attached hydrogens (primary N) is 1. The molecule has 0 radical (unpaired) electrons. The number of nitro benzene ring substituents is 1. The lowest BCUT2D eigenvalue weighted by atomic mass is 9.94. The Balaban J connectivity index is 2.27. The molecule has 1 fully saturated rings. The van der Waals surface area contributed by atoms with Crippen molar-refractivity contribution < 1.29 is 18.1 Å². The minimum Gasteiger partial charge on any atom is -0.393 e. The zero-order valence-electron chi connectivity index (χ0n) is 11.5. The fraction of sp³-hybridized carbons (Fsp3) is 0.500. The van der Waals surface area contributed by atoms with E-state index in [4.69, 9.17) is 10.5 Å². The summed E-state index contributed by atoms with van der Waals surface area (Å²) in [5, 5.41) is 10.7. The van der Waals surface area contributed by atoms with E-state index >= 15 is 0 Å². The summed E-state index contributed by atoms with van der Waals surface area (Å²) in [5.41, 5.74) is 4.45. The highest BCUT2D eigenvalue weighted by Gasteiger charge is 2.33. The molecule has 1 aromatic rings. The van der Waals surface area contributed by atoms with Crippen LogP contribution in [0.4, 0.5) is 11.4 Å². The van der Waals surface area contributed by atoms with Crippen LogP contribution in [0.15, 0.2) is 23.1 Å². The molecule has 0 amide bonds. The zero-order valence-corrected chi connectivity index (χ0v) is 12.4. The summed E-state index contributed by atoms with van der Waals surface area (Å²) in [6.45, 7) is 2.78. The first-order chi connectivity index (χ1) is 9.73. The molecule has 1 heterocycles. The van der Waals surface area contributed by atoms with E-state index < -0.39 is 20.5 Å². The lowest BCUT2D eigenvalue weighted by Gasteiger charge is -2.34. The summed E-state index contributed by atoms with van der Waals surface area (Å²) in [4.78, 5) is 9.96. The summed E-state index contributed by atoms with van der Waals surface area (Å²) in [6.07, 6.45) is 1.13. The molecule has 8 nitrogen and oxygen atoms in total. The first-order valence-electron chi connectivity index (χ1n) is 6.39. The van der Waals surface area contributed by atoms with Gasteiger partial charge in [0.1, 0.15) is 5.69 Å². The minimum absolute atomic E-state index is 0.0849. The number of rotatable bonds is 4. The van der Waals surface area contributed by atoms with E-state index in [2.05, 4.69) is 4.72 Å². The Kier molecular flexibility index (Phi) is 4.17. The average molecular weight is 315 g/mol. The molecule has 0 aliphatic carbocycles. The third-order valence-electron chi connectivity index (χ3n) is 3.48. The third-order valence-corrected chi connectivity index (χ3v) is 5.12. The Morgan fingerprint density at radius 2 is 2.00 bits per heavy atom. The van der Waals surface area contributed by atoms with Crippen LogP contribution in [0.25, 0.3) is 0 Å². The molecule has 2 rings (SSSR count). The van der Waals surface area contributed by atoms with Gasteiger partial charge in [0, 0.05) is 24.8 Å². The van der Waals surface area contributed by atoms with Gasteiger partial charge >= 0.3 is 0 Å². The quantitative estimate of drug-likeness (QED) is 0.485. The second-order valence-electron chi connectivity index (χ2n) is 5.26. The highest BCUT2D eigenvalue weighted by molar-refractivity contribution is 7.89. The van der Waals surface area contributed by atoms with Crippen molar-refractivity contribution in [2.75, 3.05) is 18.9 Å². The van der Waals surface area contributed by atoms with Crippen LogP contribution in [0.3, 0.4) is 0 Å². The van der Waals surface area contributed by atoms with Crippen LogP contribution in [0.2, 0.25) is 0 Å². The van der Waals surface area contributed by atoms with Crippen LogP contribution in [0.1, 0.15) is 19.8 Å². The number of nitrogen functional groups attached to an aromatic ring is 1. The Hall–Kier alpha value is -1.71. The monoisotopic (exact) mass is 315 g/mol.